The highest BCUT2D eigenvalue weighted by Gasteiger charge is 2.28. The van der Waals surface area contributed by atoms with Gasteiger partial charge in [-0.25, -0.2) is 4.21 Å². The van der Waals surface area contributed by atoms with Crippen LogP contribution in [0.2, 0.25) is 0 Å². The highest BCUT2D eigenvalue weighted by molar-refractivity contribution is 9.10. The molecule has 0 saturated heterocycles. The van der Waals surface area contributed by atoms with Crippen molar-refractivity contribution in [1.82, 2.24) is 4.98 Å². The van der Waals surface area contributed by atoms with E-state index in [4.69, 9.17) is 4.55 Å². The summed E-state index contributed by atoms with van der Waals surface area (Å²) in [6, 6.07) is 3.54. The van der Waals surface area contributed by atoms with E-state index in [2.05, 4.69) is 20.9 Å². The third-order valence-corrected chi connectivity index (χ3v) is 3.33. The summed E-state index contributed by atoms with van der Waals surface area (Å²) < 4.78 is 20.0. The first-order chi connectivity index (χ1) is 5.94. The minimum absolute atomic E-state index is 0.608. The van der Waals surface area contributed by atoms with E-state index < -0.39 is 15.8 Å². The fraction of sp³-hybridized carbons (Fsp3) is 0.375. The molecule has 1 N–H and O–H groups in total. The molecule has 1 unspecified atom stereocenters. The van der Waals surface area contributed by atoms with Crippen LogP contribution in [-0.4, -0.2) is 13.7 Å². The molecular formula is C8H10BrNO2S. The van der Waals surface area contributed by atoms with E-state index in [1.54, 1.807) is 32.2 Å². The predicted octanol–water partition coefficient (Wildman–Crippen LogP) is 2.30. The van der Waals surface area contributed by atoms with Crippen molar-refractivity contribution in [3.8, 4) is 0 Å². The van der Waals surface area contributed by atoms with Crippen molar-refractivity contribution in [1.29, 1.82) is 0 Å². The van der Waals surface area contributed by atoms with Gasteiger partial charge >= 0.3 is 0 Å². The van der Waals surface area contributed by atoms with Gasteiger partial charge in [-0.2, -0.15) is 0 Å². The number of hydrogen-bond acceptors (Lipinski definition) is 2. The molecule has 1 aromatic rings. The molecule has 0 spiro atoms. The van der Waals surface area contributed by atoms with Crippen molar-refractivity contribution in [3.05, 3.63) is 28.5 Å². The van der Waals surface area contributed by atoms with Gasteiger partial charge in [0.05, 0.1) is 5.69 Å². The fourth-order valence-electron chi connectivity index (χ4n) is 0.821. The third-order valence-electron chi connectivity index (χ3n) is 1.78. The predicted molar refractivity (Wildman–Crippen MR) is 55.7 cm³/mol. The van der Waals surface area contributed by atoms with Gasteiger partial charge in [0.25, 0.3) is 0 Å². The topological polar surface area (TPSA) is 50.2 Å². The molecule has 1 aromatic heterocycles. The Bertz CT molecular complexity index is 323. The molecule has 1 heterocycles. The van der Waals surface area contributed by atoms with Crippen LogP contribution in [0.5, 0.6) is 0 Å². The Morgan fingerprint density at radius 2 is 2.15 bits per heavy atom. The molecule has 0 amide bonds. The maximum Gasteiger partial charge on any atom is 0.164 e. The number of rotatable bonds is 2. The van der Waals surface area contributed by atoms with E-state index in [-0.39, 0.29) is 0 Å². The second kappa shape index (κ2) is 3.86. The molecule has 0 aliphatic rings. The molecule has 13 heavy (non-hydrogen) atoms. The molecule has 0 bridgehead atoms. The Morgan fingerprint density at radius 1 is 1.54 bits per heavy atom. The molecule has 1 rings (SSSR count). The van der Waals surface area contributed by atoms with E-state index in [1.807, 2.05) is 0 Å². The quantitative estimate of drug-likeness (QED) is 0.834. The average molecular weight is 264 g/mol. The smallest absolute Gasteiger partial charge is 0.164 e. The van der Waals surface area contributed by atoms with Crippen LogP contribution in [0, 0.1) is 0 Å². The van der Waals surface area contributed by atoms with E-state index in [0.29, 0.717) is 5.69 Å². The first-order valence-electron chi connectivity index (χ1n) is 3.67. The lowest BCUT2D eigenvalue weighted by atomic mass is 10.1. The molecule has 0 saturated carbocycles. The van der Waals surface area contributed by atoms with Crippen LogP contribution in [0.3, 0.4) is 0 Å². The van der Waals surface area contributed by atoms with Crippen LogP contribution in [0.15, 0.2) is 22.8 Å². The summed E-state index contributed by atoms with van der Waals surface area (Å²) in [5.41, 5.74) is 0.608. The van der Waals surface area contributed by atoms with Gasteiger partial charge in [0.2, 0.25) is 0 Å². The highest BCUT2D eigenvalue weighted by Crippen LogP contribution is 2.24. The van der Waals surface area contributed by atoms with Crippen LogP contribution in [0.25, 0.3) is 0 Å². The second-order valence-corrected chi connectivity index (χ2v) is 5.56. The molecule has 0 fully saturated rings. The monoisotopic (exact) mass is 263 g/mol. The zero-order valence-corrected chi connectivity index (χ0v) is 9.72. The van der Waals surface area contributed by atoms with E-state index in [0.717, 1.165) is 4.47 Å². The summed E-state index contributed by atoms with van der Waals surface area (Å²) in [6.45, 7) is 3.36. The summed E-state index contributed by atoms with van der Waals surface area (Å²) in [5, 5.41) is 0. The molecule has 5 heteroatoms. The van der Waals surface area contributed by atoms with Gasteiger partial charge < -0.3 is 4.55 Å². The molecule has 0 aliphatic carbocycles. The zero-order chi connectivity index (χ0) is 10.1. The van der Waals surface area contributed by atoms with Crippen molar-refractivity contribution >= 4 is 27.0 Å². The fourth-order valence-corrected chi connectivity index (χ4v) is 1.36. The van der Waals surface area contributed by atoms with Crippen molar-refractivity contribution in [2.45, 2.75) is 18.6 Å². The van der Waals surface area contributed by atoms with Crippen LogP contribution >= 0.6 is 15.9 Å². The molecule has 0 aliphatic heterocycles. The van der Waals surface area contributed by atoms with Crippen LogP contribution < -0.4 is 0 Å². The number of nitrogens with zero attached hydrogens (tertiary/aromatic N) is 1. The van der Waals surface area contributed by atoms with Crippen LogP contribution in [0.1, 0.15) is 19.5 Å². The lowest BCUT2D eigenvalue weighted by Gasteiger charge is -2.18. The minimum Gasteiger partial charge on any atom is -0.305 e. The summed E-state index contributed by atoms with van der Waals surface area (Å²) in [6.07, 6.45) is 1.62. The molecule has 72 valence electrons. The largest absolute Gasteiger partial charge is 0.305 e. The van der Waals surface area contributed by atoms with Crippen LogP contribution in [0.4, 0.5) is 0 Å². The maximum absolute atomic E-state index is 11.0. The Balaban J connectivity index is 3.08. The summed E-state index contributed by atoms with van der Waals surface area (Å²) >= 11 is 1.34. The van der Waals surface area contributed by atoms with E-state index in [1.165, 1.54) is 0 Å². The van der Waals surface area contributed by atoms with Gasteiger partial charge in [-0.05, 0) is 41.9 Å². The zero-order valence-electron chi connectivity index (χ0n) is 7.32. The minimum atomic E-state index is -1.91. The first kappa shape index (κ1) is 10.8. The number of halogens is 1. The second-order valence-electron chi connectivity index (χ2n) is 3.12. The normalized spacial score (nSPS) is 14.2. The molecule has 0 radical (unpaired) electrons. The van der Waals surface area contributed by atoms with Crippen molar-refractivity contribution < 1.29 is 8.76 Å². The Hall–Kier alpha value is -0.260. The third kappa shape index (κ3) is 2.36. The number of pyridine rings is 1. The van der Waals surface area contributed by atoms with Crippen LogP contribution in [-0.2, 0) is 15.8 Å². The Morgan fingerprint density at radius 3 is 2.54 bits per heavy atom. The molecule has 1 atom stereocenters. The molecule has 0 aromatic carbocycles. The lowest BCUT2D eigenvalue weighted by molar-refractivity contribution is 0.519. The van der Waals surface area contributed by atoms with Gasteiger partial charge in [0.15, 0.2) is 11.1 Å². The van der Waals surface area contributed by atoms with E-state index >= 15 is 0 Å². The summed E-state index contributed by atoms with van der Waals surface area (Å²) in [5.74, 6) is 0. The Labute approximate surface area is 88.0 Å². The SMILES string of the molecule is CC(C)(c1ccc(Br)cn1)S(=O)O. The molecule has 3 nitrogen and oxygen atoms in total. The maximum atomic E-state index is 11.0. The Kier molecular flexibility index (Phi) is 3.21. The van der Waals surface area contributed by atoms with Crippen molar-refractivity contribution in [2.75, 3.05) is 0 Å². The van der Waals surface area contributed by atoms with E-state index in [9.17, 15) is 4.21 Å². The standard InChI is InChI=1S/C8H10BrNO2S/c1-8(2,13(11)12)7-4-3-6(9)5-10-7/h3-5H,1-2H3,(H,11,12). The average Bonchev–Trinajstić information content (AvgIpc) is 2.04. The first-order valence-corrected chi connectivity index (χ1v) is 5.57. The summed E-state index contributed by atoms with van der Waals surface area (Å²) in [4.78, 5) is 4.07. The van der Waals surface area contributed by atoms with Gasteiger partial charge in [-0.3, -0.25) is 4.98 Å². The van der Waals surface area contributed by atoms with Crippen molar-refractivity contribution in [2.24, 2.45) is 0 Å². The van der Waals surface area contributed by atoms with Gasteiger partial charge in [-0.1, -0.05) is 0 Å². The number of hydrogen-bond donors (Lipinski definition) is 1. The van der Waals surface area contributed by atoms with Gasteiger partial charge in [0.1, 0.15) is 4.75 Å². The number of aromatic nitrogens is 1. The van der Waals surface area contributed by atoms with Crippen molar-refractivity contribution in [3.63, 3.8) is 0 Å². The highest BCUT2D eigenvalue weighted by atomic mass is 79.9. The lowest BCUT2D eigenvalue weighted by Crippen LogP contribution is -2.24. The van der Waals surface area contributed by atoms with Gasteiger partial charge in [-0.15, -0.1) is 0 Å². The van der Waals surface area contributed by atoms with Gasteiger partial charge in [0, 0.05) is 10.7 Å². The summed E-state index contributed by atoms with van der Waals surface area (Å²) in [7, 11) is 0. The molecular weight excluding hydrogens is 254 g/mol.